The summed E-state index contributed by atoms with van der Waals surface area (Å²) in [5.74, 6) is 0. The van der Waals surface area contributed by atoms with Crippen molar-refractivity contribution in [2.24, 2.45) is 0 Å². The Morgan fingerprint density at radius 2 is 1.09 bits per heavy atom. The summed E-state index contributed by atoms with van der Waals surface area (Å²) < 4.78 is 1.28. The van der Waals surface area contributed by atoms with Gasteiger partial charge in [0.15, 0.2) is 0 Å². The number of anilines is 3. The normalized spacial score (nSPS) is 11.4. The molecule has 2 heteroatoms. The van der Waals surface area contributed by atoms with Crippen LogP contribution in [0.25, 0.3) is 22.3 Å². The Kier molecular flexibility index (Phi) is 8.23. The van der Waals surface area contributed by atoms with Crippen LogP contribution in [0.4, 0.5) is 17.1 Å². The van der Waals surface area contributed by atoms with Gasteiger partial charge in [0.2, 0.25) is 0 Å². The molecule has 6 aromatic carbocycles. The highest BCUT2D eigenvalue weighted by atomic mass is 127. The molecule has 6 aromatic rings. The molecule has 0 aromatic heterocycles. The minimum atomic E-state index is -0.238. The maximum Gasteiger partial charge on any atom is 0.0494 e. The lowest BCUT2D eigenvalue weighted by Gasteiger charge is -2.35. The van der Waals surface area contributed by atoms with Gasteiger partial charge >= 0.3 is 0 Å². The number of para-hydroxylation sites is 1. The van der Waals surface area contributed by atoms with Crippen molar-refractivity contribution in [2.45, 2.75) is 33.1 Å². The van der Waals surface area contributed by atoms with Gasteiger partial charge in [0.05, 0.1) is 0 Å². The highest BCUT2D eigenvalue weighted by Gasteiger charge is 2.32. The maximum absolute atomic E-state index is 2.49. The highest BCUT2D eigenvalue weighted by molar-refractivity contribution is 14.1. The molecule has 0 fully saturated rings. The Bertz CT molecular complexity index is 1860. The number of rotatable bonds is 7. The van der Waals surface area contributed by atoms with E-state index in [2.05, 4.69) is 201 Å². The first-order valence-electron chi connectivity index (χ1n) is 14.8. The molecule has 0 radical (unpaired) electrons. The number of benzene rings is 6. The van der Waals surface area contributed by atoms with Gasteiger partial charge in [0.1, 0.15) is 0 Å². The van der Waals surface area contributed by atoms with E-state index in [-0.39, 0.29) is 5.41 Å². The molecule has 0 aliphatic rings. The van der Waals surface area contributed by atoms with Crippen molar-refractivity contribution >= 4 is 39.7 Å². The second-order valence-electron chi connectivity index (χ2n) is 11.6. The molecule has 0 saturated heterocycles. The van der Waals surface area contributed by atoms with Gasteiger partial charge in [0.25, 0.3) is 0 Å². The van der Waals surface area contributed by atoms with E-state index in [1.807, 2.05) is 0 Å². The van der Waals surface area contributed by atoms with E-state index in [1.54, 1.807) is 0 Å². The van der Waals surface area contributed by atoms with Crippen LogP contribution in [0.2, 0.25) is 0 Å². The lowest BCUT2D eigenvalue weighted by molar-refractivity contribution is 0.634. The van der Waals surface area contributed by atoms with Crippen LogP contribution in [0.5, 0.6) is 0 Å². The molecule has 43 heavy (non-hydrogen) atoms. The van der Waals surface area contributed by atoms with Gasteiger partial charge in [-0.05, 0) is 117 Å². The Hall–Kier alpha value is -4.15. The molecule has 0 atom stereocenters. The van der Waals surface area contributed by atoms with Crippen molar-refractivity contribution in [3.63, 3.8) is 0 Å². The number of nitrogens with zero attached hydrogens (tertiary/aromatic N) is 1. The van der Waals surface area contributed by atoms with E-state index < -0.39 is 0 Å². The van der Waals surface area contributed by atoms with Crippen molar-refractivity contribution in [3.05, 3.63) is 171 Å². The molecular formula is C41H36IN. The molecule has 0 spiro atoms. The fraction of sp³-hybridized carbons (Fsp3) is 0.122. The zero-order valence-corrected chi connectivity index (χ0v) is 27.3. The Balaban J connectivity index is 1.60. The molecule has 0 aliphatic carbocycles. The van der Waals surface area contributed by atoms with Crippen LogP contribution < -0.4 is 4.90 Å². The molecule has 0 unspecified atom stereocenters. The Morgan fingerprint density at radius 1 is 0.535 bits per heavy atom. The van der Waals surface area contributed by atoms with E-state index >= 15 is 0 Å². The Labute approximate surface area is 270 Å². The van der Waals surface area contributed by atoms with Crippen molar-refractivity contribution in [1.29, 1.82) is 0 Å². The first-order valence-corrected chi connectivity index (χ1v) is 15.9. The molecule has 212 valence electrons. The van der Waals surface area contributed by atoms with Crippen molar-refractivity contribution in [1.82, 2.24) is 0 Å². The molecule has 0 amide bonds. The molecule has 0 aliphatic heterocycles. The largest absolute Gasteiger partial charge is 0.310 e. The van der Waals surface area contributed by atoms with Crippen molar-refractivity contribution in [3.8, 4) is 22.3 Å². The zero-order chi connectivity index (χ0) is 30.0. The van der Waals surface area contributed by atoms with Crippen LogP contribution in [-0.4, -0.2) is 0 Å². The summed E-state index contributed by atoms with van der Waals surface area (Å²) in [6, 6.07) is 52.5. The summed E-state index contributed by atoms with van der Waals surface area (Å²) in [6.07, 6.45) is 0. The average Bonchev–Trinajstić information content (AvgIpc) is 3.04. The number of aryl methyl sites for hydroxylation is 1. The zero-order valence-electron chi connectivity index (χ0n) is 25.2. The van der Waals surface area contributed by atoms with Gasteiger partial charge in [-0.2, -0.15) is 0 Å². The maximum atomic E-state index is 2.49. The fourth-order valence-electron chi connectivity index (χ4n) is 6.41. The Morgan fingerprint density at radius 3 is 1.72 bits per heavy atom. The number of hydrogen-bond acceptors (Lipinski definition) is 1. The fourth-order valence-corrected chi connectivity index (χ4v) is 7.47. The van der Waals surface area contributed by atoms with Crippen LogP contribution in [0.3, 0.4) is 0 Å². The van der Waals surface area contributed by atoms with Gasteiger partial charge in [-0.25, -0.2) is 0 Å². The van der Waals surface area contributed by atoms with Crippen LogP contribution in [-0.2, 0) is 5.41 Å². The summed E-state index contributed by atoms with van der Waals surface area (Å²) in [6.45, 7) is 9.27. The second-order valence-corrected chi connectivity index (χ2v) is 12.8. The summed E-state index contributed by atoms with van der Waals surface area (Å²) in [5, 5.41) is 0. The molecule has 0 heterocycles. The first-order chi connectivity index (χ1) is 20.9. The molecule has 6 rings (SSSR count). The lowest BCUT2D eigenvalue weighted by atomic mass is 9.72. The lowest BCUT2D eigenvalue weighted by Crippen LogP contribution is -2.24. The quantitative estimate of drug-likeness (QED) is 0.153. The smallest absolute Gasteiger partial charge is 0.0494 e. The topological polar surface area (TPSA) is 3.24 Å². The van der Waals surface area contributed by atoms with E-state index in [0.717, 1.165) is 5.69 Å². The van der Waals surface area contributed by atoms with Gasteiger partial charge < -0.3 is 4.90 Å². The third-order valence-electron chi connectivity index (χ3n) is 8.49. The highest BCUT2D eigenvalue weighted by Crippen LogP contribution is 2.47. The van der Waals surface area contributed by atoms with Crippen molar-refractivity contribution in [2.75, 3.05) is 4.90 Å². The van der Waals surface area contributed by atoms with Crippen LogP contribution in [0.15, 0.2) is 146 Å². The second kappa shape index (κ2) is 12.2. The van der Waals surface area contributed by atoms with Gasteiger partial charge in [0, 0.05) is 26.0 Å². The minimum Gasteiger partial charge on any atom is -0.310 e. The first kappa shape index (κ1) is 28.9. The number of hydrogen-bond donors (Lipinski definition) is 0. The summed E-state index contributed by atoms with van der Waals surface area (Å²) in [7, 11) is 0. The van der Waals surface area contributed by atoms with E-state index in [9.17, 15) is 0 Å². The molecule has 0 saturated carbocycles. The summed E-state index contributed by atoms with van der Waals surface area (Å²) in [4.78, 5) is 2.43. The third-order valence-corrected chi connectivity index (χ3v) is 9.43. The van der Waals surface area contributed by atoms with Crippen LogP contribution >= 0.6 is 22.6 Å². The van der Waals surface area contributed by atoms with Crippen LogP contribution in [0, 0.1) is 17.4 Å². The third kappa shape index (κ3) is 5.64. The van der Waals surface area contributed by atoms with E-state index in [0.29, 0.717) is 0 Å². The summed E-state index contributed by atoms with van der Waals surface area (Å²) in [5.41, 5.74) is 13.4. The standard InChI is InChI=1S/C41H36IN/c1-29-28-33(31-16-8-5-9-17-31)24-26-38(29)43(34-20-12-7-13-21-34)39-27-25-35(32-18-10-6-11-19-32)40(30(39)2)41(3,4)36-22-14-15-23-37(36)42/h5-28H,1-4H3. The molecule has 1 nitrogen and oxygen atoms in total. The molecule has 0 N–H and O–H groups in total. The van der Waals surface area contributed by atoms with E-state index in [1.165, 1.54) is 59.5 Å². The van der Waals surface area contributed by atoms with E-state index in [4.69, 9.17) is 0 Å². The van der Waals surface area contributed by atoms with Crippen molar-refractivity contribution < 1.29 is 0 Å². The minimum absolute atomic E-state index is 0.238. The van der Waals surface area contributed by atoms with Gasteiger partial charge in [-0.1, -0.05) is 123 Å². The summed E-state index contributed by atoms with van der Waals surface area (Å²) >= 11 is 2.49. The molecular weight excluding hydrogens is 633 g/mol. The average molecular weight is 670 g/mol. The SMILES string of the molecule is Cc1cc(-c2ccccc2)ccc1N(c1ccccc1)c1ccc(-c2ccccc2)c(C(C)(C)c2ccccc2I)c1C. The predicted molar refractivity (Wildman–Crippen MR) is 193 cm³/mol. The monoisotopic (exact) mass is 669 g/mol. The van der Waals surface area contributed by atoms with Crippen LogP contribution in [0.1, 0.15) is 36.1 Å². The number of halogens is 1. The molecule has 0 bridgehead atoms. The predicted octanol–water partition coefficient (Wildman–Crippen LogP) is 12.0. The van der Waals surface area contributed by atoms with Gasteiger partial charge in [-0.3, -0.25) is 0 Å². The van der Waals surface area contributed by atoms with Gasteiger partial charge in [-0.15, -0.1) is 0 Å².